The number of aromatic nitrogens is 1. The van der Waals surface area contributed by atoms with Crippen molar-refractivity contribution in [2.75, 3.05) is 25.6 Å². The third-order valence-electron chi connectivity index (χ3n) is 3.42. The van der Waals surface area contributed by atoms with E-state index < -0.39 is 0 Å². The quantitative estimate of drug-likeness (QED) is 0.945. The number of thiazole rings is 1. The fourth-order valence-electron chi connectivity index (χ4n) is 2.31. The van der Waals surface area contributed by atoms with E-state index in [0.717, 1.165) is 28.8 Å². The normalized spacial score (nSPS) is 16.2. The first-order valence-electron chi connectivity index (χ1n) is 6.60. The molecule has 2 heterocycles. The molecule has 0 radical (unpaired) electrons. The molecule has 6 heteroatoms. The van der Waals surface area contributed by atoms with Gasteiger partial charge in [0.05, 0.1) is 11.8 Å². The highest BCUT2D eigenvalue weighted by Crippen LogP contribution is 2.32. The minimum absolute atomic E-state index is 0.0256. The van der Waals surface area contributed by atoms with Crippen LogP contribution in [0.15, 0.2) is 18.2 Å². The highest BCUT2D eigenvalue weighted by atomic mass is 32.1. The van der Waals surface area contributed by atoms with Gasteiger partial charge in [0.2, 0.25) is 5.91 Å². The Bertz CT molecular complexity index is 620. The third-order valence-corrected chi connectivity index (χ3v) is 4.36. The number of benzene rings is 1. The van der Waals surface area contributed by atoms with Crippen LogP contribution < -0.4 is 10.1 Å². The van der Waals surface area contributed by atoms with Gasteiger partial charge < -0.3 is 14.8 Å². The van der Waals surface area contributed by atoms with Crippen molar-refractivity contribution in [3.8, 4) is 5.75 Å². The Morgan fingerprint density at radius 2 is 2.25 bits per heavy atom. The summed E-state index contributed by atoms with van der Waals surface area (Å²) in [5.41, 5.74) is 0.794. The molecule has 1 aromatic heterocycles. The van der Waals surface area contributed by atoms with Crippen molar-refractivity contribution in [2.24, 2.45) is 5.92 Å². The number of carbonyl (C=O) groups excluding carboxylic acids is 1. The van der Waals surface area contributed by atoms with Gasteiger partial charge in [-0.25, -0.2) is 4.98 Å². The summed E-state index contributed by atoms with van der Waals surface area (Å²) >= 11 is 1.46. The Hall–Kier alpha value is -1.66. The van der Waals surface area contributed by atoms with Crippen molar-refractivity contribution >= 4 is 32.6 Å². The zero-order chi connectivity index (χ0) is 13.9. The lowest BCUT2D eigenvalue weighted by atomic mass is 10.00. The van der Waals surface area contributed by atoms with Gasteiger partial charge in [-0.1, -0.05) is 17.4 Å². The predicted molar refractivity (Wildman–Crippen MR) is 78.3 cm³/mol. The van der Waals surface area contributed by atoms with Crippen molar-refractivity contribution in [1.82, 2.24) is 4.98 Å². The molecular weight excluding hydrogens is 276 g/mol. The summed E-state index contributed by atoms with van der Waals surface area (Å²) in [6, 6.07) is 5.76. The van der Waals surface area contributed by atoms with Crippen LogP contribution in [0.5, 0.6) is 5.75 Å². The molecule has 20 heavy (non-hydrogen) atoms. The largest absolute Gasteiger partial charge is 0.494 e. The van der Waals surface area contributed by atoms with E-state index in [-0.39, 0.29) is 11.8 Å². The van der Waals surface area contributed by atoms with Gasteiger partial charge >= 0.3 is 0 Å². The monoisotopic (exact) mass is 292 g/mol. The van der Waals surface area contributed by atoms with Gasteiger partial charge in [0.1, 0.15) is 11.3 Å². The maximum absolute atomic E-state index is 12.2. The molecule has 0 spiro atoms. The number of fused-ring (bicyclic) bond motifs is 1. The molecule has 106 valence electrons. The number of nitrogens with one attached hydrogen (secondary N) is 1. The number of amides is 1. The molecule has 5 nitrogen and oxygen atoms in total. The van der Waals surface area contributed by atoms with Crippen LogP contribution in [0.4, 0.5) is 5.13 Å². The minimum Gasteiger partial charge on any atom is -0.494 e. The molecule has 0 unspecified atom stereocenters. The lowest BCUT2D eigenvalue weighted by Crippen LogP contribution is -2.28. The van der Waals surface area contributed by atoms with E-state index in [2.05, 4.69) is 10.3 Å². The molecule has 1 aliphatic rings. The maximum Gasteiger partial charge on any atom is 0.229 e. The van der Waals surface area contributed by atoms with Crippen molar-refractivity contribution in [3.63, 3.8) is 0 Å². The summed E-state index contributed by atoms with van der Waals surface area (Å²) in [6.45, 7) is 1.32. The number of ether oxygens (including phenoxy) is 2. The third kappa shape index (κ3) is 2.62. The van der Waals surface area contributed by atoms with Gasteiger partial charge in [-0.2, -0.15) is 0 Å². The van der Waals surface area contributed by atoms with Crippen molar-refractivity contribution < 1.29 is 14.3 Å². The Morgan fingerprint density at radius 1 is 1.45 bits per heavy atom. The maximum atomic E-state index is 12.2. The van der Waals surface area contributed by atoms with E-state index in [0.29, 0.717) is 18.3 Å². The van der Waals surface area contributed by atoms with Crippen molar-refractivity contribution in [1.29, 1.82) is 0 Å². The number of hydrogen-bond acceptors (Lipinski definition) is 5. The second-order valence-electron chi connectivity index (χ2n) is 4.70. The number of carbonyl (C=O) groups is 1. The van der Waals surface area contributed by atoms with Crippen LogP contribution >= 0.6 is 11.3 Å². The smallest absolute Gasteiger partial charge is 0.229 e. The first-order chi connectivity index (χ1) is 9.78. The average molecular weight is 292 g/mol. The molecule has 2 aromatic rings. The van der Waals surface area contributed by atoms with Gasteiger partial charge in [-0.05, 0) is 25.0 Å². The summed E-state index contributed by atoms with van der Waals surface area (Å²) in [5, 5.41) is 3.54. The summed E-state index contributed by atoms with van der Waals surface area (Å²) in [7, 11) is 1.62. The second-order valence-corrected chi connectivity index (χ2v) is 5.73. The Balaban J connectivity index is 1.78. The van der Waals surface area contributed by atoms with Crippen LogP contribution in [0, 0.1) is 5.92 Å². The molecule has 0 saturated carbocycles. The van der Waals surface area contributed by atoms with E-state index in [1.165, 1.54) is 11.3 Å². The van der Waals surface area contributed by atoms with Gasteiger partial charge in [0.15, 0.2) is 5.13 Å². The molecule has 1 aliphatic heterocycles. The molecule has 0 bridgehead atoms. The van der Waals surface area contributed by atoms with E-state index in [1.807, 2.05) is 18.2 Å². The summed E-state index contributed by atoms with van der Waals surface area (Å²) in [5.74, 6) is 0.786. The van der Waals surface area contributed by atoms with Crippen LogP contribution in [0.25, 0.3) is 10.2 Å². The van der Waals surface area contributed by atoms with E-state index in [4.69, 9.17) is 9.47 Å². The first kappa shape index (κ1) is 13.3. The van der Waals surface area contributed by atoms with Crippen molar-refractivity contribution in [3.05, 3.63) is 18.2 Å². The van der Waals surface area contributed by atoms with Crippen LogP contribution in [0.1, 0.15) is 12.8 Å². The summed E-state index contributed by atoms with van der Waals surface area (Å²) in [6.07, 6.45) is 1.56. The molecule has 1 aromatic carbocycles. The zero-order valence-electron chi connectivity index (χ0n) is 11.2. The van der Waals surface area contributed by atoms with Crippen LogP contribution in [0.2, 0.25) is 0 Å². The summed E-state index contributed by atoms with van der Waals surface area (Å²) in [4.78, 5) is 16.6. The molecule has 0 atom stereocenters. The standard InChI is InChI=1S/C14H16N2O3S/c1-18-10-3-2-4-11-12(10)15-14(20-11)16-13(17)9-5-7-19-8-6-9/h2-4,9H,5-8H2,1H3,(H,15,16,17). The van der Waals surface area contributed by atoms with Gasteiger partial charge in [-0.3, -0.25) is 4.79 Å². The fourth-order valence-corrected chi connectivity index (χ4v) is 3.20. The second kappa shape index (κ2) is 5.76. The number of rotatable bonds is 3. The average Bonchev–Trinajstić information content (AvgIpc) is 2.90. The first-order valence-corrected chi connectivity index (χ1v) is 7.41. The van der Waals surface area contributed by atoms with Crippen LogP contribution in [-0.2, 0) is 9.53 Å². The molecule has 1 N–H and O–H groups in total. The van der Waals surface area contributed by atoms with E-state index in [9.17, 15) is 4.79 Å². The molecule has 1 fully saturated rings. The summed E-state index contributed by atoms with van der Waals surface area (Å²) < 4.78 is 11.6. The predicted octanol–water partition coefficient (Wildman–Crippen LogP) is 2.67. The zero-order valence-corrected chi connectivity index (χ0v) is 12.0. The Morgan fingerprint density at radius 3 is 3.00 bits per heavy atom. The number of anilines is 1. The van der Waals surface area contributed by atoms with Gasteiger partial charge in [-0.15, -0.1) is 0 Å². The SMILES string of the molecule is COc1cccc2sc(NC(=O)C3CCOCC3)nc12. The van der Waals surface area contributed by atoms with Gasteiger partial charge in [0.25, 0.3) is 0 Å². The molecular formula is C14H16N2O3S. The molecule has 1 amide bonds. The molecule has 3 rings (SSSR count). The van der Waals surface area contributed by atoms with Crippen LogP contribution in [0.3, 0.4) is 0 Å². The molecule has 1 saturated heterocycles. The molecule has 0 aliphatic carbocycles. The number of methoxy groups -OCH3 is 1. The lowest BCUT2D eigenvalue weighted by molar-refractivity contribution is -0.122. The Labute approximate surface area is 120 Å². The fraction of sp³-hybridized carbons (Fsp3) is 0.429. The number of hydrogen-bond donors (Lipinski definition) is 1. The number of para-hydroxylation sites is 1. The minimum atomic E-state index is 0.0256. The van der Waals surface area contributed by atoms with Crippen LogP contribution in [-0.4, -0.2) is 31.2 Å². The highest BCUT2D eigenvalue weighted by molar-refractivity contribution is 7.22. The Kier molecular flexibility index (Phi) is 3.84. The lowest BCUT2D eigenvalue weighted by Gasteiger charge is -2.20. The van der Waals surface area contributed by atoms with Crippen molar-refractivity contribution in [2.45, 2.75) is 12.8 Å². The highest BCUT2D eigenvalue weighted by Gasteiger charge is 2.22. The van der Waals surface area contributed by atoms with E-state index >= 15 is 0 Å². The number of nitrogens with zero attached hydrogens (tertiary/aromatic N) is 1. The van der Waals surface area contributed by atoms with E-state index in [1.54, 1.807) is 7.11 Å². The topological polar surface area (TPSA) is 60.5 Å². The van der Waals surface area contributed by atoms with Gasteiger partial charge in [0, 0.05) is 19.1 Å².